The number of nitrogens with one attached hydrogen (secondary N) is 1. The van der Waals surface area contributed by atoms with E-state index in [1.165, 1.54) is 24.7 Å². The fourth-order valence-corrected chi connectivity index (χ4v) is 3.83. The number of carbonyl (C=O) groups is 2. The van der Waals surface area contributed by atoms with Crippen LogP contribution in [0.5, 0.6) is 0 Å². The Bertz CT molecular complexity index is 1400. The first-order chi connectivity index (χ1) is 14.2. The number of halogens is 1. The standard InChI is InChI=1S/C21H17BrN4O4/c1-4-12-15-16(17-19(24-12)25(2)21(30)26(3)20(17)29)14(27)9-13(18(15)28)23-11-7-5-10(22)6-8-11/h5-9,23H,4H2,1-3H3. The molecule has 1 aromatic carbocycles. The molecule has 2 heterocycles. The van der Waals surface area contributed by atoms with Crippen LogP contribution in [-0.2, 0) is 20.5 Å². The van der Waals surface area contributed by atoms with Crippen molar-refractivity contribution in [1.29, 1.82) is 0 Å². The minimum atomic E-state index is -0.654. The highest BCUT2D eigenvalue weighted by atomic mass is 79.9. The van der Waals surface area contributed by atoms with Crippen LogP contribution in [0.4, 0.5) is 5.69 Å². The Morgan fingerprint density at radius 3 is 2.30 bits per heavy atom. The highest BCUT2D eigenvalue weighted by molar-refractivity contribution is 9.10. The van der Waals surface area contributed by atoms with E-state index in [0.29, 0.717) is 17.8 Å². The third kappa shape index (κ3) is 2.93. The number of Topliss-reactive ketones (excluding diaryl/α,β-unsaturated/α-hetero) is 1. The lowest BCUT2D eigenvalue weighted by Gasteiger charge is -2.21. The fourth-order valence-electron chi connectivity index (χ4n) is 3.57. The number of anilines is 1. The molecular weight excluding hydrogens is 452 g/mol. The van der Waals surface area contributed by atoms with E-state index in [1.807, 2.05) is 12.1 Å². The molecule has 0 saturated carbocycles. The summed E-state index contributed by atoms with van der Waals surface area (Å²) in [5.74, 6) is -0.906. The lowest BCUT2D eigenvalue weighted by Crippen LogP contribution is -2.39. The van der Waals surface area contributed by atoms with Crippen LogP contribution in [0.15, 0.2) is 50.1 Å². The predicted octanol–water partition coefficient (Wildman–Crippen LogP) is 2.33. The summed E-state index contributed by atoms with van der Waals surface area (Å²) in [7, 11) is 2.81. The number of nitrogens with zero attached hydrogens (tertiary/aromatic N) is 3. The van der Waals surface area contributed by atoms with Gasteiger partial charge in [0.15, 0.2) is 5.78 Å². The van der Waals surface area contributed by atoms with Gasteiger partial charge in [0.1, 0.15) is 5.65 Å². The zero-order valence-corrected chi connectivity index (χ0v) is 18.0. The van der Waals surface area contributed by atoms with Crippen LogP contribution in [0.3, 0.4) is 0 Å². The summed E-state index contributed by atoms with van der Waals surface area (Å²) in [6, 6.07) is 7.15. The number of aromatic nitrogens is 3. The van der Waals surface area contributed by atoms with Crippen LogP contribution in [-0.4, -0.2) is 25.7 Å². The van der Waals surface area contributed by atoms with Crippen molar-refractivity contribution in [2.24, 2.45) is 14.1 Å². The molecule has 1 N–H and O–H groups in total. The highest BCUT2D eigenvalue weighted by Crippen LogP contribution is 2.29. The number of hydrogen-bond acceptors (Lipinski definition) is 6. The molecule has 0 spiro atoms. The van der Waals surface area contributed by atoms with E-state index in [0.717, 1.165) is 9.04 Å². The van der Waals surface area contributed by atoms with Gasteiger partial charge in [-0.15, -0.1) is 0 Å². The second kappa shape index (κ2) is 7.17. The van der Waals surface area contributed by atoms with Gasteiger partial charge < -0.3 is 5.32 Å². The van der Waals surface area contributed by atoms with Gasteiger partial charge in [-0.2, -0.15) is 0 Å². The zero-order chi connectivity index (χ0) is 21.7. The average molecular weight is 469 g/mol. The minimum absolute atomic E-state index is 0.000550. The van der Waals surface area contributed by atoms with Gasteiger partial charge in [-0.1, -0.05) is 22.9 Å². The molecule has 0 radical (unpaired) electrons. The van der Waals surface area contributed by atoms with E-state index in [1.54, 1.807) is 19.1 Å². The second-order valence-corrected chi connectivity index (χ2v) is 7.87. The quantitative estimate of drug-likeness (QED) is 0.632. The van der Waals surface area contributed by atoms with Gasteiger partial charge in [0.25, 0.3) is 5.56 Å². The van der Waals surface area contributed by atoms with Gasteiger partial charge in [-0.25, -0.2) is 9.78 Å². The maximum Gasteiger partial charge on any atom is 0.332 e. The SMILES string of the molecule is CCc1nc2c(c3c1C(=O)C(Nc1ccc(Br)cc1)=CC3=O)c(=O)n(C)c(=O)n2C. The minimum Gasteiger partial charge on any atom is -0.352 e. The molecule has 8 nitrogen and oxygen atoms in total. The number of pyridine rings is 1. The van der Waals surface area contributed by atoms with Gasteiger partial charge in [-0.05, 0) is 30.7 Å². The molecule has 30 heavy (non-hydrogen) atoms. The molecule has 1 aliphatic carbocycles. The molecule has 152 valence electrons. The molecule has 3 aromatic rings. The van der Waals surface area contributed by atoms with Crippen molar-refractivity contribution in [2.75, 3.05) is 5.32 Å². The van der Waals surface area contributed by atoms with Gasteiger partial charge in [0.05, 0.1) is 27.9 Å². The molecule has 0 fully saturated rings. The molecule has 4 rings (SSSR count). The van der Waals surface area contributed by atoms with E-state index in [9.17, 15) is 19.2 Å². The lowest BCUT2D eigenvalue weighted by atomic mass is 9.88. The molecule has 2 aromatic heterocycles. The van der Waals surface area contributed by atoms with Crippen LogP contribution in [0.1, 0.15) is 33.3 Å². The molecule has 0 aliphatic heterocycles. The molecule has 0 atom stereocenters. The average Bonchev–Trinajstić information content (AvgIpc) is 2.74. The summed E-state index contributed by atoms with van der Waals surface area (Å²) in [4.78, 5) is 55.9. The van der Waals surface area contributed by atoms with E-state index < -0.39 is 22.8 Å². The van der Waals surface area contributed by atoms with Gasteiger partial charge >= 0.3 is 5.69 Å². The van der Waals surface area contributed by atoms with Crippen LogP contribution < -0.4 is 16.6 Å². The van der Waals surface area contributed by atoms with E-state index in [-0.39, 0.29) is 27.9 Å². The number of aryl methyl sites for hydroxylation is 2. The van der Waals surface area contributed by atoms with Crippen LogP contribution in [0.25, 0.3) is 11.0 Å². The molecular formula is C21H17BrN4O4. The van der Waals surface area contributed by atoms with Crippen molar-refractivity contribution >= 4 is 44.2 Å². The first-order valence-electron chi connectivity index (χ1n) is 9.20. The molecule has 0 bridgehead atoms. The number of ketones is 2. The Labute approximate surface area is 179 Å². The second-order valence-electron chi connectivity index (χ2n) is 6.95. The number of rotatable bonds is 3. The third-order valence-electron chi connectivity index (χ3n) is 5.11. The highest BCUT2D eigenvalue weighted by Gasteiger charge is 2.33. The zero-order valence-electron chi connectivity index (χ0n) is 16.4. The Kier molecular flexibility index (Phi) is 4.77. The molecule has 0 saturated heterocycles. The summed E-state index contributed by atoms with van der Waals surface area (Å²) in [6.07, 6.45) is 1.54. The number of benzene rings is 1. The summed E-state index contributed by atoms with van der Waals surface area (Å²) in [6.45, 7) is 1.80. The van der Waals surface area contributed by atoms with Gasteiger partial charge in [0, 0.05) is 30.3 Å². The van der Waals surface area contributed by atoms with Crippen molar-refractivity contribution in [1.82, 2.24) is 14.1 Å². The largest absolute Gasteiger partial charge is 0.352 e. The summed E-state index contributed by atoms with van der Waals surface area (Å²) in [5, 5.41) is 2.95. The van der Waals surface area contributed by atoms with Gasteiger partial charge in [-0.3, -0.25) is 23.5 Å². The Balaban J connectivity index is 1.99. The van der Waals surface area contributed by atoms with Crippen molar-refractivity contribution in [2.45, 2.75) is 13.3 Å². The lowest BCUT2D eigenvalue weighted by molar-refractivity contribution is 0.0985. The van der Waals surface area contributed by atoms with Crippen molar-refractivity contribution in [3.05, 3.63) is 78.2 Å². The van der Waals surface area contributed by atoms with Crippen LogP contribution >= 0.6 is 15.9 Å². The maximum atomic E-state index is 13.3. The van der Waals surface area contributed by atoms with Gasteiger partial charge in [0.2, 0.25) is 5.78 Å². The van der Waals surface area contributed by atoms with Crippen LogP contribution in [0.2, 0.25) is 0 Å². The predicted molar refractivity (Wildman–Crippen MR) is 116 cm³/mol. The van der Waals surface area contributed by atoms with E-state index in [4.69, 9.17) is 0 Å². The Morgan fingerprint density at radius 1 is 1.00 bits per heavy atom. The van der Waals surface area contributed by atoms with Crippen LogP contribution in [0, 0.1) is 0 Å². The molecule has 9 heteroatoms. The summed E-state index contributed by atoms with van der Waals surface area (Å²) < 4.78 is 3.00. The van der Waals surface area contributed by atoms with Crippen molar-refractivity contribution in [3.8, 4) is 0 Å². The molecule has 0 amide bonds. The first-order valence-corrected chi connectivity index (χ1v) is 9.99. The smallest absolute Gasteiger partial charge is 0.332 e. The number of hydrogen-bond donors (Lipinski definition) is 1. The maximum absolute atomic E-state index is 13.3. The Hall–Kier alpha value is -3.33. The van der Waals surface area contributed by atoms with E-state index >= 15 is 0 Å². The normalized spacial score (nSPS) is 13.4. The Morgan fingerprint density at radius 2 is 1.67 bits per heavy atom. The van der Waals surface area contributed by atoms with Crippen molar-refractivity contribution < 1.29 is 9.59 Å². The summed E-state index contributed by atoms with van der Waals surface area (Å²) >= 11 is 3.35. The third-order valence-corrected chi connectivity index (χ3v) is 5.64. The first kappa shape index (κ1) is 20.0. The number of allylic oxidation sites excluding steroid dienone is 2. The van der Waals surface area contributed by atoms with Crippen molar-refractivity contribution in [3.63, 3.8) is 0 Å². The monoisotopic (exact) mass is 468 g/mol. The fraction of sp³-hybridized carbons (Fsp3) is 0.190. The summed E-state index contributed by atoms with van der Waals surface area (Å²) in [5.41, 5.74) is 0.0988. The number of fused-ring (bicyclic) bond motifs is 3. The topological polar surface area (TPSA) is 103 Å². The molecule has 1 aliphatic rings. The number of carbonyl (C=O) groups excluding carboxylic acids is 2. The van der Waals surface area contributed by atoms with E-state index in [2.05, 4.69) is 26.2 Å². The molecule has 0 unspecified atom stereocenters.